The summed E-state index contributed by atoms with van der Waals surface area (Å²) < 4.78 is 10.2. The Kier molecular flexibility index (Phi) is 4.07. The van der Waals surface area contributed by atoms with Gasteiger partial charge in [0.25, 0.3) is 0 Å². The van der Waals surface area contributed by atoms with Crippen molar-refractivity contribution in [2.24, 2.45) is 11.1 Å². The van der Waals surface area contributed by atoms with Crippen molar-refractivity contribution in [3.05, 3.63) is 0 Å². The number of amides is 1. The van der Waals surface area contributed by atoms with Gasteiger partial charge in [-0.05, 0) is 19.9 Å². The first kappa shape index (κ1) is 12.4. The van der Waals surface area contributed by atoms with Crippen LogP contribution >= 0.6 is 0 Å². The smallest absolute Gasteiger partial charge is 0.224 e. The van der Waals surface area contributed by atoms with Crippen LogP contribution in [0, 0.1) is 5.41 Å². The van der Waals surface area contributed by atoms with E-state index in [2.05, 4.69) is 4.90 Å². The Hall–Kier alpha value is -0.650. The summed E-state index contributed by atoms with van der Waals surface area (Å²) in [6, 6.07) is 0. The molecule has 2 N–H and O–H groups in total. The normalized spacial score (nSPS) is 27.5. The van der Waals surface area contributed by atoms with E-state index in [1.807, 2.05) is 6.92 Å². The molecule has 88 valence electrons. The molecule has 0 bridgehead atoms. The van der Waals surface area contributed by atoms with Gasteiger partial charge < -0.3 is 15.2 Å². The standard InChI is InChI=1S/C10H20N2O3/c1-10(9(11)13)4-5-12(7-10)6-8(14-2)15-3/h8H,4-7H2,1-3H3,(H2,11,13). The van der Waals surface area contributed by atoms with E-state index >= 15 is 0 Å². The molecule has 1 amide bonds. The molecule has 1 fully saturated rings. The molecule has 0 aromatic rings. The number of nitrogens with zero attached hydrogens (tertiary/aromatic N) is 1. The van der Waals surface area contributed by atoms with Crippen molar-refractivity contribution in [3.63, 3.8) is 0 Å². The third kappa shape index (κ3) is 2.90. The molecule has 0 radical (unpaired) electrons. The van der Waals surface area contributed by atoms with Crippen LogP contribution in [0.5, 0.6) is 0 Å². The van der Waals surface area contributed by atoms with Crippen molar-refractivity contribution in [1.82, 2.24) is 4.90 Å². The average molecular weight is 216 g/mol. The van der Waals surface area contributed by atoms with Gasteiger partial charge >= 0.3 is 0 Å². The minimum atomic E-state index is -0.397. The Bertz CT molecular complexity index is 231. The summed E-state index contributed by atoms with van der Waals surface area (Å²) in [6.45, 7) is 4.13. The second-order valence-corrected chi connectivity index (χ2v) is 4.31. The van der Waals surface area contributed by atoms with Crippen LogP contribution in [0.1, 0.15) is 13.3 Å². The Morgan fingerprint density at radius 2 is 2.13 bits per heavy atom. The van der Waals surface area contributed by atoms with Crippen molar-refractivity contribution in [1.29, 1.82) is 0 Å². The molecule has 0 aliphatic carbocycles. The van der Waals surface area contributed by atoms with E-state index in [0.717, 1.165) is 13.0 Å². The zero-order valence-electron chi connectivity index (χ0n) is 9.66. The maximum Gasteiger partial charge on any atom is 0.224 e. The number of nitrogens with two attached hydrogens (primary N) is 1. The van der Waals surface area contributed by atoms with Crippen molar-refractivity contribution < 1.29 is 14.3 Å². The van der Waals surface area contributed by atoms with Crippen LogP contribution < -0.4 is 5.73 Å². The number of rotatable bonds is 5. The molecule has 0 saturated carbocycles. The van der Waals surface area contributed by atoms with E-state index in [4.69, 9.17) is 15.2 Å². The third-order valence-electron chi connectivity index (χ3n) is 3.08. The fourth-order valence-electron chi connectivity index (χ4n) is 1.87. The topological polar surface area (TPSA) is 64.8 Å². The van der Waals surface area contributed by atoms with Gasteiger partial charge in [-0.1, -0.05) is 0 Å². The first-order valence-electron chi connectivity index (χ1n) is 5.09. The Morgan fingerprint density at radius 1 is 1.53 bits per heavy atom. The molecule has 1 rings (SSSR count). The number of likely N-dealkylation sites (tertiary alicyclic amines) is 1. The molecule has 1 heterocycles. The van der Waals surface area contributed by atoms with Crippen LogP contribution in [0.25, 0.3) is 0 Å². The lowest BCUT2D eigenvalue weighted by Gasteiger charge is -2.23. The summed E-state index contributed by atoms with van der Waals surface area (Å²) in [5, 5.41) is 0. The predicted octanol–water partition coefficient (Wildman–Crippen LogP) is -0.197. The molecule has 1 aliphatic heterocycles. The third-order valence-corrected chi connectivity index (χ3v) is 3.08. The lowest BCUT2D eigenvalue weighted by molar-refractivity contribution is -0.127. The Morgan fingerprint density at radius 3 is 2.53 bits per heavy atom. The molecule has 0 spiro atoms. The van der Waals surface area contributed by atoms with Gasteiger partial charge in [-0.3, -0.25) is 9.69 Å². The zero-order chi connectivity index (χ0) is 11.5. The van der Waals surface area contributed by atoms with E-state index in [1.54, 1.807) is 14.2 Å². The molecule has 15 heavy (non-hydrogen) atoms. The highest BCUT2D eigenvalue weighted by Crippen LogP contribution is 2.29. The van der Waals surface area contributed by atoms with Gasteiger partial charge in [0.1, 0.15) is 0 Å². The highest BCUT2D eigenvalue weighted by atomic mass is 16.7. The van der Waals surface area contributed by atoms with Gasteiger partial charge in [0.15, 0.2) is 6.29 Å². The number of methoxy groups -OCH3 is 2. The van der Waals surface area contributed by atoms with Crippen molar-refractivity contribution in [2.75, 3.05) is 33.9 Å². The summed E-state index contributed by atoms with van der Waals surface area (Å²) in [6.07, 6.45) is 0.572. The maximum absolute atomic E-state index is 11.2. The number of carbonyl (C=O) groups is 1. The SMILES string of the molecule is COC(CN1CCC(C)(C(N)=O)C1)OC. The first-order chi connectivity index (χ1) is 7.01. The molecule has 5 nitrogen and oxygen atoms in total. The molecular weight excluding hydrogens is 196 g/mol. The second kappa shape index (κ2) is 4.92. The maximum atomic E-state index is 11.2. The van der Waals surface area contributed by atoms with Crippen molar-refractivity contribution >= 4 is 5.91 Å². The lowest BCUT2D eigenvalue weighted by atomic mass is 9.89. The number of primary amides is 1. The second-order valence-electron chi connectivity index (χ2n) is 4.31. The van der Waals surface area contributed by atoms with E-state index in [9.17, 15) is 4.79 Å². The van der Waals surface area contributed by atoms with E-state index in [-0.39, 0.29) is 12.2 Å². The van der Waals surface area contributed by atoms with Crippen molar-refractivity contribution in [3.8, 4) is 0 Å². The number of carbonyl (C=O) groups excluding carboxylic acids is 1. The lowest BCUT2D eigenvalue weighted by Crippen LogP contribution is -2.39. The Balaban J connectivity index is 2.46. The summed E-state index contributed by atoms with van der Waals surface area (Å²) in [5.41, 5.74) is 4.97. The summed E-state index contributed by atoms with van der Waals surface area (Å²) in [5.74, 6) is -0.226. The molecule has 0 aromatic heterocycles. The summed E-state index contributed by atoms with van der Waals surface area (Å²) in [4.78, 5) is 13.4. The molecular formula is C10H20N2O3. The highest BCUT2D eigenvalue weighted by molar-refractivity contribution is 5.81. The minimum Gasteiger partial charge on any atom is -0.369 e. The number of hydrogen-bond donors (Lipinski definition) is 1. The summed E-state index contributed by atoms with van der Waals surface area (Å²) in [7, 11) is 3.22. The fourth-order valence-corrected chi connectivity index (χ4v) is 1.87. The van der Waals surface area contributed by atoms with Crippen LogP contribution in [0.2, 0.25) is 0 Å². The molecule has 1 saturated heterocycles. The molecule has 0 aromatic carbocycles. The highest BCUT2D eigenvalue weighted by Gasteiger charge is 2.39. The molecule has 5 heteroatoms. The van der Waals surface area contributed by atoms with E-state index in [1.165, 1.54) is 0 Å². The van der Waals surface area contributed by atoms with Gasteiger partial charge in [0, 0.05) is 27.3 Å². The van der Waals surface area contributed by atoms with Crippen LogP contribution in [-0.2, 0) is 14.3 Å². The quantitative estimate of drug-likeness (QED) is 0.647. The van der Waals surface area contributed by atoms with Crippen LogP contribution in [0.3, 0.4) is 0 Å². The van der Waals surface area contributed by atoms with Gasteiger partial charge in [-0.25, -0.2) is 0 Å². The van der Waals surface area contributed by atoms with E-state index < -0.39 is 5.41 Å². The first-order valence-corrected chi connectivity index (χ1v) is 5.09. The van der Waals surface area contributed by atoms with Crippen LogP contribution in [0.15, 0.2) is 0 Å². The van der Waals surface area contributed by atoms with Gasteiger partial charge in [-0.15, -0.1) is 0 Å². The zero-order valence-corrected chi connectivity index (χ0v) is 9.66. The van der Waals surface area contributed by atoms with Crippen LogP contribution in [0.4, 0.5) is 0 Å². The van der Waals surface area contributed by atoms with Gasteiger partial charge in [0.2, 0.25) is 5.91 Å². The largest absolute Gasteiger partial charge is 0.369 e. The molecule has 1 atom stereocenters. The molecule has 1 aliphatic rings. The van der Waals surface area contributed by atoms with Gasteiger partial charge in [-0.2, -0.15) is 0 Å². The fraction of sp³-hybridized carbons (Fsp3) is 0.900. The van der Waals surface area contributed by atoms with E-state index in [0.29, 0.717) is 13.1 Å². The van der Waals surface area contributed by atoms with Gasteiger partial charge in [0.05, 0.1) is 5.41 Å². The number of ether oxygens (including phenoxy) is 2. The number of hydrogen-bond acceptors (Lipinski definition) is 4. The Labute approximate surface area is 90.5 Å². The van der Waals surface area contributed by atoms with Crippen LogP contribution in [-0.4, -0.2) is 51.0 Å². The van der Waals surface area contributed by atoms with Crippen molar-refractivity contribution in [2.45, 2.75) is 19.6 Å². The summed E-state index contributed by atoms with van der Waals surface area (Å²) >= 11 is 0. The average Bonchev–Trinajstić information content (AvgIpc) is 2.58. The predicted molar refractivity (Wildman–Crippen MR) is 56.2 cm³/mol. The minimum absolute atomic E-state index is 0.226. The monoisotopic (exact) mass is 216 g/mol. The molecule has 1 unspecified atom stereocenters.